The van der Waals surface area contributed by atoms with E-state index >= 15 is 0 Å². The molecule has 0 amide bonds. The van der Waals surface area contributed by atoms with Gasteiger partial charge >= 0.3 is 12.1 Å². The van der Waals surface area contributed by atoms with Crippen molar-refractivity contribution >= 4 is 5.97 Å². The van der Waals surface area contributed by atoms with Gasteiger partial charge in [0.05, 0.1) is 12.0 Å². The maximum Gasteiger partial charge on any atom is 0.416 e. The summed E-state index contributed by atoms with van der Waals surface area (Å²) >= 11 is 0. The molecule has 3 nitrogen and oxygen atoms in total. The molecular formula is C17H16F3NO2. The first-order valence-corrected chi connectivity index (χ1v) is 6.98. The number of rotatable bonds is 5. The molecule has 0 fully saturated rings. The Kier molecular flexibility index (Phi) is 5.05. The van der Waals surface area contributed by atoms with Crippen LogP contribution in [0.5, 0.6) is 0 Å². The standard InChI is InChI=1S/C17H16F3NO2/c18-17(19,20)14-7-2-1-5-12(14)8-11-4-3-6-13(9-11)15(21)10-16(22)23/h1-7,9,15H,8,10,21H2,(H,22,23)/t15-/m0/s1. The topological polar surface area (TPSA) is 63.3 Å². The second-order valence-electron chi connectivity index (χ2n) is 5.28. The number of hydrogen-bond acceptors (Lipinski definition) is 2. The number of carboxylic acid groups (broad SMARTS) is 1. The van der Waals surface area contributed by atoms with Gasteiger partial charge in [-0.2, -0.15) is 13.2 Å². The van der Waals surface area contributed by atoms with Crippen molar-refractivity contribution in [3.8, 4) is 0 Å². The molecule has 6 heteroatoms. The van der Waals surface area contributed by atoms with E-state index in [4.69, 9.17) is 10.8 Å². The normalized spacial score (nSPS) is 12.9. The van der Waals surface area contributed by atoms with Crippen molar-refractivity contribution in [2.24, 2.45) is 5.73 Å². The minimum absolute atomic E-state index is 0.101. The maximum absolute atomic E-state index is 13.0. The summed E-state index contributed by atoms with van der Waals surface area (Å²) in [6.45, 7) is 0. The summed E-state index contributed by atoms with van der Waals surface area (Å²) in [4.78, 5) is 10.7. The van der Waals surface area contributed by atoms with Crippen molar-refractivity contribution in [3.05, 3.63) is 70.8 Å². The molecule has 2 aromatic rings. The van der Waals surface area contributed by atoms with Crippen molar-refractivity contribution in [2.75, 3.05) is 0 Å². The van der Waals surface area contributed by atoms with E-state index in [0.29, 0.717) is 11.1 Å². The van der Waals surface area contributed by atoms with E-state index in [1.54, 1.807) is 30.3 Å². The second-order valence-corrected chi connectivity index (χ2v) is 5.28. The Morgan fingerprint density at radius 3 is 2.48 bits per heavy atom. The highest BCUT2D eigenvalue weighted by Gasteiger charge is 2.32. The van der Waals surface area contributed by atoms with Gasteiger partial charge < -0.3 is 10.8 Å². The van der Waals surface area contributed by atoms with Crippen LogP contribution in [0.15, 0.2) is 48.5 Å². The molecule has 0 aliphatic heterocycles. The Morgan fingerprint density at radius 2 is 1.83 bits per heavy atom. The Morgan fingerprint density at radius 1 is 1.13 bits per heavy atom. The van der Waals surface area contributed by atoms with Gasteiger partial charge in [0.2, 0.25) is 0 Å². The van der Waals surface area contributed by atoms with Crippen LogP contribution in [-0.4, -0.2) is 11.1 Å². The van der Waals surface area contributed by atoms with E-state index in [0.717, 1.165) is 6.07 Å². The zero-order chi connectivity index (χ0) is 17.0. The van der Waals surface area contributed by atoms with Crippen molar-refractivity contribution in [3.63, 3.8) is 0 Å². The maximum atomic E-state index is 13.0. The fourth-order valence-electron chi connectivity index (χ4n) is 2.41. The summed E-state index contributed by atoms with van der Waals surface area (Å²) in [6.07, 6.45) is -4.54. The fraction of sp³-hybridized carbons (Fsp3) is 0.235. The number of alkyl halides is 3. The average molecular weight is 323 g/mol. The third-order valence-electron chi connectivity index (χ3n) is 3.49. The molecule has 0 spiro atoms. The number of aliphatic carboxylic acids is 1. The molecule has 2 aromatic carbocycles. The third-order valence-corrected chi connectivity index (χ3v) is 3.49. The van der Waals surface area contributed by atoms with Crippen molar-refractivity contribution in [2.45, 2.75) is 25.1 Å². The zero-order valence-corrected chi connectivity index (χ0v) is 12.2. The number of hydrogen-bond donors (Lipinski definition) is 2. The molecule has 0 bridgehead atoms. The molecule has 0 saturated carbocycles. The van der Waals surface area contributed by atoms with Crippen LogP contribution in [0, 0.1) is 0 Å². The van der Waals surface area contributed by atoms with E-state index in [-0.39, 0.29) is 18.4 Å². The van der Waals surface area contributed by atoms with Crippen LogP contribution in [0.25, 0.3) is 0 Å². The molecule has 0 aliphatic carbocycles. The summed E-state index contributed by atoms with van der Waals surface area (Å²) in [6, 6.07) is 11.4. The predicted octanol–water partition coefficient (Wildman–Crippen LogP) is 3.77. The summed E-state index contributed by atoms with van der Waals surface area (Å²) in [5.74, 6) is -1.02. The minimum Gasteiger partial charge on any atom is -0.481 e. The molecule has 122 valence electrons. The van der Waals surface area contributed by atoms with Crippen LogP contribution < -0.4 is 5.73 Å². The van der Waals surface area contributed by atoms with Gasteiger partial charge in [-0.3, -0.25) is 4.79 Å². The quantitative estimate of drug-likeness (QED) is 0.880. The third kappa shape index (κ3) is 4.56. The Hall–Kier alpha value is -2.34. The zero-order valence-electron chi connectivity index (χ0n) is 12.2. The van der Waals surface area contributed by atoms with Crippen LogP contribution in [0.1, 0.15) is 34.7 Å². The predicted molar refractivity (Wildman–Crippen MR) is 79.9 cm³/mol. The molecule has 0 aliphatic rings. The van der Waals surface area contributed by atoms with Gasteiger partial charge in [0.1, 0.15) is 0 Å². The monoisotopic (exact) mass is 323 g/mol. The number of nitrogens with two attached hydrogens (primary N) is 1. The van der Waals surface area contributed by atoms with Crippen LogP contribution in [0.4, 0.5) is 13.2 Å². The van der Waals surface area contributed by atoms with Crippen LogP contribution >= 0.6 is 0 Å². The van der Waals surface area contributed by atoms with E-state index in [9.17, 15) is 18.0 Å². The molecule has 3 N–H and O–H groups in total. The molecule has 1 atom stereocenters. The Balaban J connectivity index is 2.27. The number of benzene rings is 2. The number of halogens is 3. The molecule has 0 radical (unpaired) electrons. The SMILES string of the molecule is N[C@@H](CC(=O)O)c1cccc(Cc2ccccc2C(F)(F)F)c1. The summed E-state index contributed by atoms with van der Waals surface area (Å²) in [7, 11) is 0. The largest absolute Gasteiger partial charge is 0.481 e. The van der Waals surface area contributed by atoms with Gasteiger partial charge in [-0.25, -0.2) is 0 Å². The molecule has 0 aromatic heterocycles. The van der Waals surface area contributed by atoms with E-state index in [1.807, 2.05) is 0 Å². The Bertz CT molecular complexity index is 698. The van der Waals surface area contributed by atoms with Gasteiger partial charge in [-0.15, -0.1) is 0 Å². The van der Waals surface area contributed by atoms with Crippen LogP contribution in [0.2, 0.25) is 0 Å². The van der Waals surface area contributed by atoms with Crippen LogP contribution in [0.3, 0.4) is 0 Å². The van der Waals surface area contributed by atoms with Crippen molar-refractivity contribution in [1.29, 1.82) is 0 Å². The summed E-state index contributed by atoms with van der Waals surface area (Å²) in [5.41, 5.74) is 6.55. The minimum atomic E-state index is -4.41. The molecule has 0 saturated heterocycles. The fourth-order valence-corrected chi connectivity index (χ4v) is 2.41. The molecule has 0 unspecified atom stereocenters. The lowest BCUT2D eigenvalue weighted by Gasteiger charge is -2.14. The summed E-state index contributed by atoms with van der Waals surface area (Å²) < 4.78 is 39.1. The van der Waals surface area contributed by atoms with E-state index < -0.39 is 23.8 Å². The van der Waals surface area contributed by atoms with Gasteiger partial charge in [0.15, 0.2) is 0 Å². The Labute approximate surface area is 131 Å². The lowest BCUT2D eigenvalue weighted by molar-refractivity contribution is -0.138. The van der Waals surface area contributed by atoms with E-state index in [1.165, 1.54) is 12.1 Å². The first kappa shape index (κ1) is 17.0. The van der Waals surface area contributed by atoms with Crippen molar-refractivity contribution in [1.82, 2.24) is 0 Å². The van der Waals surface area contributed by atoms with Gasteiger partial charge in [0, 0.05) is 6.04 Å². The number of carboxylic acids is 1. The number of carbonyl (C=O) groups is 1. The highest BCUT2D eigenvalue weighted by molar-refractivity contribution is 5.67. The lowest BCUT2D eigenvalue weighted by atomic mass is 9.96. The first-order valence-electron chi connectivity index (χ1n) is 6.98. The van der Waals surface area contributed by atoms with Crippen molar-refractivity contribution < 1.29 is 23.1 Å². The van der Waals surface area contributed by atoms with Gasteiger partial charge in [0.25, 0.3) is 0 Å². The van der Waals surface area contributed by atoms with Gasteiger partial charge in [-0.1, -0.05) is 42.5 Å². The molecule has 2 rings (SSSR count). The molecule has 0 heterocycles. The molecular weight excluding hydrogens is 307 g/mol. The van der Waals surface area contributed by atoms with Crippen LogP contribution in [-0.2, 0) is 17.4 Å². The average Bonchev–Trinajstić information content (AvgIpc) is 2.46. The first-order chi connectivity index (χ1) is 10.8. The smallest absolute Gasteiger partial charge is 0.416 e. The highest BCUT2D eigenvalue weighted by Crippen LogP contribution is 2.33. The van der Waals surface area contributed by atoms with E-state index in [2.05, 4.69) is 0 Å². The second kappa shape index (κ2) is 6.83. The summed E-state index contributed by atoms with van der Waals surface area (Å²) in [5, 5.41) is 8.77. The lowest BCUT2D eigenvalue weighted by Crippen LogP contribution is -2.15. The molecule has 23 heavy (non-hydrogen) atoms. The highest BCUT2D eigenvalue weighted by atomic mass is 19.4. The van der Waals surface area contributed by atoms with Gasteiger partial charge in [-0.05, 0) is 29.2 Å².